The quantitative estimate of drug-likeness (QED) is 0.887. The molecule has 0 spiro atoms. The first kappa shape index (κ1) is 11.7. The van der Waals surface area contributed by atoms with Crippen LogP contribution in [0, 0.1) is 0 Å². The van der Waals surface area contributed by atoms with Crippen molar-refractivity contribution in [3.8, 4) is 0 Å². The van der Waals surface area contributed by atoms with E-state index in [0.29, 0.717) is 6.54 Å². The average molecular weight is 281 g/mol. The summed E-state index contributed by atoms with van der Waals surface area (Å²) < 4.78 is 1.12. The fourth-order valence-electron chi connectivity index (χ4n) is 2.15. The summed E-state index contributed by atoms with van der Waals surface area (Å²) in [5.41, 5.74) is 8.32. The molecular formula is C13H17BrN2. The maximum absolute atomic E-state index is 5.68. The predicted octanol–water partition coefficient (Wildman–Crippen LogP) is 3.56. The monoisotopic (exact) mass is 280 g/mol. The van der Waals surface area contributed by atoms with E-state index in [2.05, 4.69) is 59.2 Å². The number of aromatic amines is 1. The van der Waals surface area contributed by atoms with E-state index < -0.39 is 0 Å². The van der Waals surface area contributed by atoms with Crippen LogP contribution in [-0.4, -0.2) is 11.5 Å². The van der Waals surface area contributed by atoms with Gasteiger partial charge in [0.1, 0.15) is 0 Å². The van der Waals surface area contributed by atoms with E-state index in [1.807, 2.05) is 0 Å². The van der Waals surface area contributed by atoms with Gasteiger partial charge in [0.2, 0.25) is 0 Å². The molecule has 1 heterocycles. The van der Waals surface area contributed by atoms with Crippen molar-refractivity contribution in [3.05, 3.63) is 34.4 Å². The first-order valence-electron chi connectivity index (χ1n) is 5.52. The third-order valence-electron chi connectivity index (χ3n) is 3.14. The second-order valence-electron chi connectivity index (χ2n) is 4.81. The molecule has 2 nitrogen and oxygen atoms in total. The molecule has 0 fully saturated rings. The lowest BCUT2D eigenvalue weighted by Crippen LogP contribution is -2.21. The van der Waals surface area contributed by atoms with Crippen LogP contribution >= 0.6 is 15.9 Å². The van der Waals surface area contributed by atoms with Crippen LogP contribution in [0.3, 0.4) is 0 Å². The van der Waals surface area contributed by atoms with E-state index >= 15 is 0 Å². The molecule has 0 atom stereocenters. The lowest BCUT2D eigenvalue weighted by molar-refractivity contribution is 0.491. The number of rotatable bonds is 3. The normalized spacial score (nSPS) is 12.2. The first-order valence-corrected chi connectivity index (χ1v) is 6.31. The molecule has 0 amide bonds. The molecule has 3 N–H and O–H groups in total. The zero-order valence-electron chi connectivity index (χ0n) is 9.68. The van der Waals surface area contributed by atoms with E-state index in [4.69, 9.17) is 5.73 Å². The Balaban J connectivity index is 2.56. The highest BCUT2D eigenvalue weighted by molar-refractivity contribution is 9.10. The van der Waals surface area contributed by atoms with Crippen LogP contribution in [-0.2, 0) is 5.41 Å². The summed E-state index contributed by atoms with van der Waals surface area (Å²) in [7, 11) is 0. The third-order valence-corrected chi connectivity index (χ3v) is 3.64. The van der Waals surface area contributed by atoms with Gasteiger partial charge < -0.3 is 10.7 Å². The van der Waals surface area contributed by atoms with E-state index in [9.17, 15) is 0 Å². The van der Waals surface area contributed by atoms with Crippen LogP contribution in [0.1, 0.15) is 25.8 Å². The van der Waals surface area contributed by atoms with Gasteiger partial charge in [0.25, 0.3) is 0 Å². The Bertz CT molecular complexity index is 500. The van der Waals surface area contributed by atoms with E-state index in [1.165, 1.54) is 16.5 Å². The number of fused-ring (bicyclic) bond motifs is 1. The number of H-pyrrole nitrogens is 1. The van der Waals surface area contributed by atoms with Crippen LogP contribution in [0.5, 0.6) is 0 Å². The maximum Gasteiger partial charge on any atom is 0.0457 e. The van der Waals surface area contributed by atoms with Crippen molar-refractivity contribution in [2.45, 2.75) is 25.7 Å². The third kappa shape index (κ3) is 2.02. The highest BCUT2D eigenvalue weighted by atomic mass is 79.9. The molecule has 0 aliphatic heterocycles. The molecule has 1 aromatic heterocycles. The van der Waals surface area contributed by atoms with Gasteiger partial charge in [-0.05, 0) is 42.1 Å². The van der Waals surface area contributed by atoms with E-state index in [0.717, 1.165) is 10.9 Å². The minimum atomic E-state index is 0.119. The molecule has 2 aromatic rings. The van der Waals surface area contributed by atoms with Crippen molar-refractivity contribution in [1.82, 2.24) is 4.98 Å². The smallest absolute Gasteiger partial charge is 0.0457 e. The molecule has 2 rings (SSSR count). The molecule has 0 unspecified atom stereocenters. The Morgan fingerprint density at radius 1 is 1.38 bits per heavy atom. The second-order valence-corrected chi connectivity index (χ2v) is 5.73. The van der Waals surface area contributed by atoms with Crippen molar-refractivity contribution in [1.29, 1.82) is 0 Å². The second kappa shape index (κ2) is 4.22. The zero-order chi connectivity index (χ0) is 11.8. The lowest BCUT2D eigenvalue weighted by atomic mass is 9.81. The molecule has 0 saturated carbocycles. The van der Waals surface area contributed by atoms with Crippen LogP contribution in [0.15, 0.2) is 28.9 Å². The molecular weight excluding hydrogens is 264 g/mol. The van der Waals surface area contributed by atoms with Gasteiger partial charge in [-0.15, -0.1) is 0 Å². The molecule has 3 heteroatoms. The minimum Gasteiger partial charge on any atom is -0.361 e. The Kier molecular flexibility index (Phi) is 3.08. The minimum absolute atomic E-state index is 0.119. The van der Waals surface area contributed by atoms with Gasteiger partial charge in [0.05, 0.1) is 0 Å². The van der Waals surface area contributed by atoms with Crippen molar-refractivity contribution in [2.24, 2.45) is 5.73 Å². The van der Waals surface area contributed by atoms with Gasteiger partial charge in [-0.2, -0.15) is 0 Å². The van der Waals surface area contributed by atoms with Crippen molar-refractivity contribution in [2.75, 3.05) is 6.54 Å². The molecule has 0 bridgehead atoms. The molecule has 0 aliphatic carbocycles. The van der Waals surface area contributed by atoms with Crippen molar-refractivity contribution < 1.29 is 0 Å². The number of nitrogens with one attached hydrogen (secondary N) is 1. The highest BCUT2D eigenvalue weighted by Crippen LogP contribution is 2.33. The van der Waals surface area contributed by atoms with E-state index in [-0.39, 0.29) is 5.41 Å². The van der Waals surface area contributed by atoms with Crippen LogP contribution in [0.4, 0.5) is 0 Å². The van der Waals surface area contributed by atoms with Crippen molar-refractivity contribution >= 4 is 26.8 Å². The topological polar surface area (TPSA) is 41.8 Å². The van der Waals surface area contributed by atoms with Crippen molar-refractivity contribution in [3.63, 3.8) is 0 Å². The van der Waals surface area contributed by atoms with Crippen LogP contribution in [0.2, 0.25) is 0 Å². The summed E-state index contributed by atoms with van der Waals surface area (Å²) in [4.78, 5) is 3.32. The number of nitrogens with two attached hydrogens (primary N) is 1. The summed E-state index contributed by atoms with van der Waals surface area (Å²) >= 11 is 3.52. The molecule has 86 valence electrons. The number of hydrogen-bond acceptors (Lipinski definition) is 1. The lowest BCUT2D eigenvalue weighted by Gasteiger charge is -2.23. The number of aromatic nitrogens is 1. The largest absolute Gasteiger partial charge is 0.361 e. The van der Waals surface area contributed by atoms with Crippen LogP contribution in [0.25, 0.3) is 10.9 Å². The number of hydrogen-bond donors (Lipinski definition) is 2. The number of halogens is 1. The Morgan fingerprint density at radius 2 is 2.12 bits per heavy atom. The van der Waals surface area contributed by atoms with E-state index in [1.54, 1.807) is 0 Å². The average Bonchev–Trinajstić information content (AvgIpc) is 2.60. The Labute approximate surface area is 104 Å². The summed E-state index contributed by atoms with van der Waals surface area (Å²) in [5, 5.41) is 1.29. The summed E-state index contributed by atoms with van der Waals surface area (Å²) in [6, 6.07) is 6.32. The van der Waals surface area contributed by atoms with Gasteiger partial charge in [0, 0.05) is 21.6 Å². The van der Waals surface area contributed by atoms with Gasteiger partial charge in [-0.1, -0.05) is 29.8 Å². The SMILES string of the molecule is CC(C)(CCN)c1c[nH]c2ccc(Br)cc12. The highest BCUT2D eigenvalue weighted by Gasteiger charge is 2.22. The fraction of sp³-hybridized carbons (Fsp3) is 0.385. The van der Waals surface area contributed by atoms with Crippen LogP contribution < -0.4 is 5.73 Å². The number of benzene rings is 1. The summed E-state index contributed by atoms with van der Waals surface area (Å²) in [5.74, 6) is 0. The first-order chi connectivity index (χ1) is 7.54. The molecule has 0 radical (unpaired) electrons. The van der Waals surface area contributed by atoms with Gasteiger partial charge >= 0.3 is 0 Å². The van der Waals surface area contributed by atoms with Gasteiger partial charge in [-0.3, -0.25) is 0 Å². The maximum atomic E-state index is 5.68. The zero-order valence-corrected chi connectivity index (χ0v) is 11.3. The molecule has 0 aliphatic rings. The molecule has 0 saturated heterocycles. The summed E-state index contributed by atoms with van der Waals surface area (Å²) in [6.45, 7) is 5.19. The van der Waals surface area contributed by atoms with Gasteiger partial charge in [0.15, 0.2) is 0 Å². The Morgan fingerprint density at radius 3 is 2.81 bits per heavy atom. The fourth-order valence-corrected chi connectivity index (χ4v) is 2.51. The predicted molar refractivity (Wildman–Crippen MR) is 72.7 cm³/mol. The summed E-state index contributed by atoms with van der Waals surface area (Å²) in [6.07, 6.45) is 3.10. The standard InChI is InChI=1S/C13H17BrN2/c1-13(2,5-6-15)11-8-16-12-4-3-9(14)7-10(11)12/h3-4,7-8,16H,5-6,15H2,1-2H3. The van der Waals surface area contributed by atoms with Gasteiger partial charge in [-0.25, -0.2) is 0 Å². The molecule has 16 heavy (non-hydrogen) atoms. The molecule has 1 aromatic carbocycles. The Hall–Kier alpha value is -0.800.